The standard InChI is InChI=1S/C21H27N3O6/c1-6-30-19-9-7-15(11-20(19)29-5)13-23(3)14(2)21(25)22-17-12-16(24(26)27)8-10-18(17)28-4/h7-12,14H,6,13H2,1-5H3,(H,22,25). The van der Waals surface area contributed by atoms with Crippen LogP contribution in [0.25, 0.3) is 0 Å². The lowest BCUT2D eigenvalue weighted by atomic mass is 10.1. The molecule has 162 valence electrons. The van der Waals surface area contributed by atoms with E-state index in [9.17, 15) is 14.9 Å². The average Bonchev–Trinajstić information content (AvgIpc) is 2.74. The second kappa shape index (κ2) is 10.4. The van der Waals surface area contributed by atoms with Crippen LogP contribution in [0.3, 0.4) is 0 Å². The zero-order valence-corrected chi connectivity index (χ0v) is 17.8. The lowest BCUT2D eigenvalue weighted by Gasteiger charge is -2.24. The predicted octanol–water partition coefficient (Wildman–Crippen LogP) is 3.47. The Morgan fingerprint density at radius 2 is 1.80 bits per heavy atom. The first-order chi connectivity index (χ1) is 14.3. The van der Waals surface area contributed by atoms with Crippen LogP contribution < -0.4 is 19.5 Å². The van der Waals surface area contributed by atoms with Crippen LogP contribution in [0.2, 0.25) is 0 Å². The fourth-order valence-corrected chi connectivity index (χ4v) is 2.85. The molecule has 0 heterocycles. The molecule has 1 atom stereocenters. The number of likely N-dealkylation sites (N-methyl/N-ethyl adjacent to an activating group) is 1. The van der Waals surface area contributed by atoms with E-state index in [-0.39, 0.29) is 17.3 Å². The van der Waals surface area contributed by atoms with E-state index in [2.05, 4.69) is 5.32 Å². The number of nitro groups is 1. The highest BCUT2D eigenvalue weighted by atomic mass is 16.6. The number of carbonyl (C=O) groups excluding carboxylic acids is 1. The molecule has 2 rings (SSSR count). The van der Waals surface area contributed by atoms with E-state index in [0.29, 0.717) is 30.4 Å². The number of amides is 1. The smallest absolute Gasteiger partial charge is 0.271 e. The van der Waals surface area contributed by atoms with Crippen molar-refractivity contribution in [2.75, 3.05) is 33.2 Å². The van der Waals surface area contributed by atoms with Crippen LogP contribution in [0, 0.1) is 10.1 Å². The largest absolute Gasteiger partial charge is 0.495 e. The molecule has 0 radical (unpaired) electrons. The lowest BCUT2D eigenvalue weighted by molar-refractivity contribution is -0.384. The number of carbonyl (C=O) groups is 1. The number of non-ortho nitro benzene ring substituents is 1. The molecule has 0 saturated heterocycles. The minimum atomic E-state index is -0.524. The molecule has 1 N–H and O–H groups in total. The molecule has 0 aliphatic carbocycles. The Balaban J connectivity index is 2.11. The van der Waals surface area contributed by atoms with Gasteiger partial charge in [0.25, 0.3) is 5.69 Å². The molecule has 0 aliphatic rings. The van der Waals surface area contributed by atoms with Gasteiger partial charge in [-0.3, -0.25) is 19.8 Å². The molecule has 2 aromatic carbocycles. The highest BCUT2D eigenvalue weighted by molar-refractivity contribution is 5.96. The van der Waals surface area contributed by atoms with Crippen molar-refractivity contribution in [2.24, 2.45) is 0 Å². The van der Waals surface area contributed by atoms with Crippen molar-refractivity contribution in [3.63, 3.8) is 0 Å². The number of methoxy groups -OCH3 is 2. The van der Waals surface area contributed by atoms with E-state index in [1.807, 2.05) is 37.1 Å². The minimum Gasteiger partial charge on any atom is -0.495 e. The highest BCUT2D eigenvalue weighted by Crippen LogP contribution is 2.30. The van der Waals surface area contributed by atoms with E-state index < -0.39 is 11.0 Å². The molecule has 30 heavy (non-hydrogen) atoms. The summed E-state index contributed by atoms with van der Waals surface area (Å²) in [6, 6.07) is 9.17. The molecule has 0 fully saturated rings. The maximum atomic E-state index is 12.7. The van der Waals surface area contributed by atoms with Crippen LogP contribution in [-0.4, -0.2) is 49.6 Å². The van der Waals surface area contributed by atoms with Gasteiger partial charge in [0.15, 0.2) is 11.5 Å². The third kappa shape index (κ3) is 5.60. The normalized spacial score (nSPS) is 11.7. The Labute approximate surface area is 175 Å². The average molecular weight is 417 g/mol. The summed E-state index contributed by atoms with van der Waals surface area (Å²) in [7, 11) is 4.83. The molecule has 1 amide bonds. The van der Waals surface area contributed by atoms with Gasteiger partial charge in [0.1, 0.15) is 5.75 Å². The zero-order chi connectivity index (χ0) is 22.3. The number of benzene rings is 2. The summed E-state index contributed by atoms with van der Waals surface area (Å²) in [4.78, 5) is 25.1. The SMILES string of the molecule is CCOc1ccc(CN(C)C(C)C(=O)Nc2cc([N+](=O)[O-])ccc2OC)cc1OC. The monoisotopic (exact) mass is 417 g/mol. The van der Waals surface area contributed by atoms with E-state index in [0.717, 1.165) is 5.56 Å². The molecular weight excluding hydrogens is 390 g/mol. The maximum absolute atomic E-state index is 12.7. The fourth-order valence-electron chi connectivity index (χ4n) is 2.85. The van der Waals surface area contributed by atoms with Crippen molar-refractivity contribution >= 4 is 17.3 Å². The first-order valence-corrected chi connectivity index (χ1v) is 9.43. The summed E-state index contributed by atoms with van der Waals surface area (Å²) in [5, 5.41) is 13.7. The Bertz CT molecular complexity index is 902. The van der Waals surface area contributed by atoms with Gasteiger partial charge in [-0.05, 0) is 44.7 Å². The fraction of sp³-hybridized carbons (Fsp3) is 0.381. The van der Waals surface area contributed by atoms with Crippen LogP contribution >= 0.6 is 0 Å². The van der Waals surface area contributed by atoms with Gasteiger partial charge >= 0.3 is 0 Å². The first-order valence-electron chi connectivity index (χ1n) is 9.43. The second-order valence-electron chi connectivity index (χ2n) is 6.64. The van der Waals surface area contributed by atoms with Gasteiger partial charge in [0.05, 0.1) is 37.5 Å². The number of hydrogen-bond acceptors (Lipinski definition) is 7. The van der Waals surface area contributed by atoms with Gasteiger partial charge in [-0.2, -0.15) is 0 Å². The number of rotatable bonds is 10. The summed E-state index contributed by atoms with van der Waals surface area (Å²) in [5.74, 6) is 1.32. The molecule has 0 aromatic heterocycles. The van der Waals surface area contributed by atoms with Gasteiger partial charge in [0, 0.05) is 18.7 Å². The number of hydrogen-bond donors (Lipinski definition) is 1. The minimum absolute atomic E-state index is 0.131. The van der Waals surface area contributed by atoms with Gasteiger partial charge < -0.3 is 19.5 Å². The number of nitrogens with one attached hydrogen (secondary N) is 1. The van der Waals surface area contributed by atoms with Crippen LogP contribution in [-0.2, 0) is 11.3 Å². The van der Waals surface area contributed by atoms with E-state index >= 15 is 0 Å². The molecule has 0 spiro atoms. The van der Waals surface area contributed by atoms with Gasteiger partial charge in [-0.15, -0.1) is 0 Å². The van der Waals surface area contributed by atoms with Crippen LogP contribution in [0.4, 0.5) is 11.4 Å². The second-order valence-corrected chi connectivity index (χ2v) is 6.64. The molecule has 0 bridgehead atoms. The first kappa shape index (κ1) is 23.0. The van der Waals surface area contributed by atoms with E-state index in [4.69, 9.17) is 14.2 Å². The van der Waals surface area contributed by atoms with Gasteiger partial charge in [0.2, 0.25) is 5.91 Å². The molecule has 9 heteroatoms. The molecule has 2 aromatic rings. The Kier molecular flexibility index (Phi) is 7.99. The molecule has 0 aliphatic heterocycles. The lowest BCUT2D eigenvalue weighted by Crippen LogP contribution is -2.39. The van der Waals surface area contributed by atoms with Gasteiger partial charge in [-0.25, -0.2) is 0 Å². The summed E-state index contributed by atoms with van der Waals surface area (Å²) in [6.07, 6.45) is 0. The molecular formula is C21H27N3O6. The Hall–Kier alpha value is -3.33. The van der Waals surface area contributed by atoms with Crippen molar-refractivity contribution in [3.8, 4) is 17.2 Å². The number of ether oxygens (including phenoxy) is 3. The zero-order valence-electron chi connectivity index (χ0n) is 17.8. The quantitative estimate of drug-likeness (QED) is 0.466. The maximum Gasteiger partial charge on any atom is 0.271 e. The number of nitrogens with zero attached hydrogens (tertiary/aromatic N) is 2. The third-order valence-corrected chi connectivity index (χ3v) is 4.65. The van der Waals surface area contributed by atoms with Crippen LogP contribution in [0.5, 0.6) is 17.2 Å². The summed E-state index contributed by atoms with van der Waals surface area (Å²) in [5.41, 5.74) is 1.07. The van der Waals surface area contributed by atoms with Crippen molar-refractivity contribution < 1.29 is 23.9 Å². The molecule has 1 unspecified atom stereocenters. The van der Waals surface area contributed by atoms with Crippen LogP contribution in [0.1, 0.15) is 19.4 Å². The Morgan fingerprint density at radius 3 is 2.40 bits per heavy atom. The van der Waals surface area contributed by atoms with Crippen molar-refractivity contribution in [1.82, 2.24) is 4.90 Å². The topological polar surface area (TPSA) is 103 Å². The predicted molar refractivity (Wildman–Crippen MR) is 113 cm³/mol. The highest BCUT2D eigenvalue weighted by Gasteiger charge is 2.21. The third-order valence-electron chi connectivity index (χ3n) is 4.65. The van der Waals surface area contributed by atoms with Crippen molar-refractivity contribution in [2.45, 2.75) is 26.4 Å². The van der Waals surface area contributed by atoms with Crippen molar-refractivity contribution in [3.05, 3.63) is 52.1 Å². The molecule has 0 saturated carbocycles. The summed E-state index contributed by atoms with van der Waals surface area (Å²) in [6.45, 7) is 4.68. The number of anilines is 1. The number of nitro benzene ring substituents is 1. The van der Waals surface area contributed by atoms with E-state index in [1.54, 1.807) is 14.0 Å². The van der Waals surface area contributed by atoms with Gasteiger partial charge in [-0.1, -0.05) is 6.07 Å². The van der Waals surface area contributed by atoms with Crippen LogP contribution in [0.15, 0.2) is 36.4 Å². The Morgan fingerprint density at radius 1 is 1.13 bits per heavy atom. The molecule has 9 nitrogen and oxygen atoms in total. The van der Waals surface area contributed by atoms with Crippen molar-refractivity contribution in [1.29, 1.82) is 0 Å². The summed E-state index contributed by atoms with van der Waals surface area (Å²) < 4.78 is 16.1. The van der Waals surface area contributed by atoms with E-state index in [1.165, 1.54) is 25.3 Å². The summed E-state index contributed by atoms with van der Waals surface area (Å²) >= 11 is 0.